The van der Waals surface area contributed by atoms with E-state index >= 15 is 0 Å². The summed E-state index contributed by atoms with van der Waals surface area (Å²) in [4.78, 5) is 19.3. The summed E-state index contributed by atoms with van der Waals surface area (Å²) in [5, 5.41) is 3.06. The van der Waals surface area contributed by atoms with E-state index in [0.29, 0.717) is 16.0 Å². The van der Waals surface area contributed by atoms with Crippen molar-refractivity contribution >= 4 is 62.7 Å². The Hall–Kier alpha value is -2.98. The van der Waals surface area contributed by atoms with Gasteiger partial charge in [0.25, 0.3) is 10.7 Å². The Bertz CT molecular complexity index is 1210. The number of alkyl halides is 3. The maximum absolute atomic E-state index is 12.3. The third-order valence-corrected chi connectivity index (χ3v) is 4.25. The van der Waals surface area contributed by atoms with Crippen LogP contribution >= 0.6 is 23.2 Å². The van der Waals surface area contributed by atoms with Crippen LogP contribution in [0.5, 0.6) is 0 Å². The van der Waals surface area contributed by atoms with Gasteiger partial charge in [0, 0.05) is 37.6 Å². The normalized spacial score (nSPS) is 11.3. The van der Waals surface area contributed by atoms with Crippen LogP contribution in [0.1, 0.15) is 0 Å². The summed E-state index contributed by atoms with van der Waals surface area (Å²) in [5.41, 5.74) is 3.11. The smallest absolute Gasteiger partial charge is 0.427 e. The summed E-state index contributed by atoms with van der Waals surface area (Å²) in [6.07, 6.45) is -4.93. The number of carbonyl (C=O) groups is 1. The molecule has 7 nitrogen and oxygen atoms in total. The topological polar surface area (TPSA) is 84.4 Å². The van der Waals surface area contributed by atoms with Gasteiger partial charge < -0.3 is 19.1 Å². The molecular weight excluding hydrogens is 448 g/mol. The molecule has 12 heteroatoms. The molecule has 4 rings (SSSR count). The molecule has 4 aromatic rings. The largest absolute Gasteiger partial charge is 0.471 e. The van der Waals surface area contributed by atoms with Gasteiger partial charge in [-0.05, 0) is 47.5 Å². The van der Waals surface area contributed by atoms with E-state index in [1.54, 1.807) is 0 Å². The molecule has 0 unspecified atom stereocenters. The van der Waals surface area contributed by atoms with Gasteiger partial charge in [0.2, 0.25) is 0 Å². The Labute approximate surface area is 177 Å². The zero-order chi connectivity index (χ0) is 22.1. The summed E-state index contributed by atoms with van der Waals surface area (Å²) in [7, 11) is 2.87. The molecule has 2 aromatic carbocycles. The van der Waals surface area contributed by atoms with Crippen LogP contribution < -0.4 is 10.2 Å². The van der Waals surface area contributed by atoms with E-state index in [2.05, 4.69) is 15.3 Å². The highest BCUT2D eigenvalue weighted by Gasteiger charge is 2.41. The first kappa shape index (κ1) is 21.7. The van der Waals surface area contributed by atoms with Crippen molar-refractivity contribution in [2.75, 3.05) is 24.3 Å². The number of amides is 1. The fourth-order valence-corrected chi connectivity index (χ4v) is 2.80. The second-order valence-electron chi connectivity index (χ2n) is 5.88. The molecular formula is C18H13Cl2F3N4O3. The number of fused-ring (bicyclic) bond motifs is 2. The van der Waals surface area contributed by atoms with Crippen molar-refractivity contribution in [3.63, 3.8) is 0 Å². The van der Waals surface area contributed by atoms with Crippen LogP contribution in [0.25, 0.3) is 22.2 Å². The summed E-state index contributed by atoms with van der Waals surface area (Å²) in [5.74, 6) is -1.97. The molecule has 158 valence electrons. The zero-order valence-electron chi connectivity index (χ0n) is 15.4. The maximum Gasteiger partial charge on any atom is 0.471 e. The van der Waals surface area contributed by atoms with Crippen molar-refractivity contribution < 1.29 is 26.8 Å². The Kier molecular flexibility index (Phi) is 6.09. The first-order valence-electron chi connectivity index (χ1n) is 8.23. The standard InChI is InChI=1S/C10H6ClF3N2O2.C8H7ClN2O/c1-16(8(17)10(12,13)14)5-2-3-6-7(4-5)18-9(11)15-6;1-10-5-2-3-6-7(4-5)12-8(9)11-6/h2-4H,1H3;2-4,10H,1H3. The molecule has 0 atom stereocenters. The SMILES string of the molecule is CN(C(=O)C(F)(F)F)c1ccc2nc(Cl)oc2c1.CNc1ccc2nc(Cl)oc2c1. The number of rotatable bonds is 2. The second kappa shape index (κ2) is 8.41. The predicted octanol–water partition coefficient (Wildman–Crippen LogP) is 5.53. The number of hydrogen-bond acceptors (Lipinski definition) is 6. The van der Waals surface area contributed by atoms with Gasteiger partial charge in [-0.25, -0.2) is 0 Å². The molecule has 1 N–H and O–H groups in total. The molecule has 1 amide bonds. The van der Waals surface area contributed by atoms with Crippen molar-refractivity contribution in [1.82, 2.24) is 9.97 Å². The number of aromatic nitrogens is 2. The van der Waals surface area contributed by atoms with Gasteiger partial charge in [0.05, 0.1) is 0 Å². The number of benzene rings is 2. The lowest BCUT2D eigenvalue weighted by Crippen LogP contribution is -2.38. The highest BCUT2D eigenvalue weighted by Crippen LogP contribution is 2.27. The lowest BCUT2D eigenvalue weighted by atomic mass is 10.2. The summed E-state index contributed by atoms with van der Waals surface area (Å²) in [6, 6.07) is 9.63. The van der Waals surface area contributed by atoms with Crippen molar-refractivity contribution in [2.24, 2.45) is 0 Å². The van der Waals surface area contributed by atoms with Crippen LogP contribution in [0, 0.1) is 0 Å². The first-order chi connectivity index (χ1) is 14.1. The Balaban J connectivity index is 0.000000184. The van der Waals surface area contributed by atoms with Crippen molar-refractivity contribution in [2.45, 2.75) is 6.18 Å². The van der Waals surface area contributed by atoms with E-state index in [1.807, 2.05) is 25.2 Å². The number of hydrogen-bond donors (Lipinski definition) is 1. The maximum atomic E-state index is 12.3. The van der Waals surface area contributed by atoms with Gasteiger partial charge >= 0.3 is 12.1 Å². The Morgan fingerprint density at radius 1 is 1.00 bits per heavy atom. The van der Waals surface area contributed by atoms with Gasteiger partial charge in [-0.1, -0.05) is 0 Å². The number of anilines is 2. The van der Waals surface area contributed by atoms with Crippen LogP contribution in [-0.2, 0) is 4.79 Å². The minimum absolute atomic E-state index is 0.0395. The number of oxazole rings is 2. The van der Waals surface area contributed by atoms with Crippen LogP contribution in [0.4, 0.5) is 24.5 Å². The monoisotopic (exact) mass is 460 g/mol. The van der Waals surface area contributed by atoms with E-state index in [-0.39, 0.29) is 22.0 Å². The van der Waals surface area contributed by atoms with E-state index in [4.69, 9.17) is 32.0 Å². The quantitative estimate of drug-likeness (QED) is 0.423. The van der Waals surface area contributed by atoms with Gasteiger partial charge in [0.15, 0.2) is 11.2 Å². The van der Waals surface area contributed by atoms with E-state index in [9.17, 15) is 18.0 Å². The number of halogens is 5. The third-order valence-electron chi connectivity index (χ3n) is 3.93. The summed E-state index contributed by atoms with van der Waals surface area (Å²) >= 11 is 11.1. The fourth-order valence-electron chi connectivity index (χ4n) is 2.45. The molecule has 2 heterocycles. The lowest BCUT2D eigenvalue weighted by Gasteiger charge is -2.18. The highest BCUT2D eigenvalue weighted by atomic mass is 35.5. The average Bonchev–Trinajstić information content (AvgIpc) is 3.25. The molecule has 0 spiro atoms. The number of nitrogens with zero attached hydrogens (tertiary/aromatic N) is 3. The van der Waals surface area contributed by atoms with E-state index < -0.39 is 12.1 Å². The predicted molar refractivity (Wildman–Crippen MR) is 107 cm³/mol. The van der Waals surface area contributed by atoms with Gasteiger partial charge in [-0.2, -0.15) is 23.1 Å². The Morgan fingerprint density at radius 3 is 2.07 bits per heavy atom. The van der Waals surface area contributed by atoms with Crippen LogP contribution in [0.3, 0.4) is 0 Å². The average molecular weight is 461 g/mol. The van der Waals surface area contributed by atoms with Gasteiger partial charge in [-0.15, -0.1) is 0 Å². The molecule has 0 aliphatic heterocycles. The van der Waals surface area contributed by atoms with Crippen molar-refractivity contribution in [1.29, 1.82) is 0 Å². The van der Waals surface area contributed by atoms with Crippen LogP contribution in [-0.4, -0.2) is 36.1 Å². The highest BCUT2D eigenvalue weighted by molar-refractivity contribution is 6.28. The molecule has 0 bridgehead atoms. The molecule has 30 heavy (non-hydrogen) atoms. The summed E-state index contributed by atoms with van der Waals surface area (Å²) in [6.45, 7) is 0. The lowest BCUT2D eigenvalue weighted by molar-refractivity contribution is -0.170. The third kappa shape index (κ3) is 4.77. The number of nitrogens with one attached hydrogen (secondary N) is 1. The minimum atomic E-state index is -4.93. The second-order valence-corrected chi connectivity index (χ2v) is 6.53. The van der Waals surface area contributed by atoms with Crippen molar-refractivity contribution in [3.05, 3.63) is 47.1 Å². The van der Waals surface area contributed by atoms with E-state index in [1.165, 1.54) is 18.2 Å². The molecule has 0 fully saturated rings. The molecule has 0 aliphatic carbocycles. The van der Waals surface area contributed by atoms with Crippen LogP contribution in [0.15, 0.2) is 45.2 Å². The van der Waals surface area contributed by atoms with Crippen molar-refractivity contribution in [3.8, 4) is 0 Å². The minimum Gasteiger partial charge on any atom is -0.427 e. The molecule has 0 saturated heterocycles. The summed E-state index contributed by atoms with van der Waals surface area (Å²) < 4.78 is 46.8. The zero-order valence-corrected chi connectivity index (χ0v) is 16.9. The molecule has 2 aromatic heterocycles. The van der Waals surface area contributed by atoms with Crippen LogP contribution in [0.2, 0.25) is 10.7 Å². The molecule has 0 saturated carbocycles. The molecule has 0 aliphatic rings. The fraction of sp³-hybridized carbons (Fsp3) is 0.167. The first-order valence-corrected chi connectivity index (χ1v) is 8.99. The van der Waals surface area contributed by atoms with Gasteiger partial charge in [0.1, 0.15) is 11.0 Å². The number of carbonyl (C=O) groups excluding carboxylic acids is 1. The molecule has 0 radical (unpaired) electrons. The van der Waals surface area contributed by atoms with E-state index in [0.717, 1.165) is 18.3 Å². The van der Waals surface area contributed by atoms with Gasteiger partial charge in [-0.3, -0.25) is 4.79 Å². The Morgan fingerprint density at radius 2 is 1.53 bits per heavy atom.